The van der Waals surface area contributed by atoms with Crippen LogP contribution in [0.25, 0.3) is 0 Å². The van der Waals surface area contributed by atoms with Gasteiger partial charge in [0.05, 0.1) is 12.0 Å². The number of halogens is 1. The lowest BCUT2D eigenvalue weighted by molar-refractivity contribution is -0.170. The molecule has 1 atom stereocenters. The first-order valence-electron chi connectivity index (χ1n) is 6.30. The first-order valence-corrected chi connectivity index (χ1v) is 6.30. The van der Waals surface area contributed by atoms with Crippen molar-refractivity contribution in [2.45, 2.75) is 40.2 Å². The fourth-order valence-electron chi connectivity index (χ4n) is 1.77. The summed E-state index contributed by atoms with van der Waals surface area (Å²) < 4.78 is 18.6. The zero-order valence-electron chi connectivity index (χ0n) is 12.1. The van der Waals surface area contributed by atoms with Gasteiger partial charge in [0.25, 0.3) is 0 Å². The molecule has 0 spiro atoms. The first-order chi connectivity index (χ1) is 8.64. The summed E-state index contributed by atoms with van der Waals surface area (Å²) >= 11 is 0. The molecular weight excluding hydrogens is 247 g/mol. The molecule has 0 heterocycles. The van der Waals surface area contributed by atoms with Crippen LogP contribution in [-0.2, 0) is 15.1 Å². The summed E-state index contributed by atoms with van der Waals surface area (Å²) in [6.07, 6.45) is 0. The number of aryl methyl sites for hydroxylation is 1. The molecule has 0 aliphatic carbocycles. The maximum absolute atomic E-state index is 13.6. The van der Waals surface area contributed by atoms with E-state index >= 15 is 0 Å². The second-order valence-corrected chi connectivity index (χ2v) is 5.38. The van der Waals surface area contributed by atoms with Crippen LogP contribution in [0, 0.1) is 18.2 Å². The molecule has 0 fully saturated rings. The standard InChI is InChI=1S/C15H21FO3/c1-6-19-13(17)14(3,4)15(5,18)11-8-7-10(2)12(16)9-11/h7-9,18H,6H2,1-5H3. The molecule has 4 heteroatoms. The van der Waals surface area contributed by atoms with E-state index in [1.165, 1.54) is 13.0 Å². The average Bonchev–Trinajstić information content (AvgIpc) is 2.32. The normalized spacial score (nSPS) is 14.9. The third-order valence-corrected chi connectivity index (χ3v) is 3.74. The SMILES string of the molecule is CCOC(=O)C(C)(C)C(C)(O)c1ccc(C)c(F)c1. The van der Waals surface area contributed by atoms with Gasteiger partial charge in [-0.3, -0.25) is 4.79 Å². The van der Waals surface area contributed by atoms with Gasteiger partial charge >= 0.3 is 5.97 Å². The Labute approximate surface area is 113 Å². The third-order valence-electron chi connectivity index (χ3n) is 3.74. The highest BCUT2D eigenvalue weighted by Gasteiger charge is 2.47. The molecule has 0 aromatic heterocycles. The lowest BCUT2D eigenvalue weighted by atomic mass is 9.72. The fourth-order valence-corrected chi connectivity index (χ4v) is 1.77. The minimum absolute atomic E-state index is 0.237. The maximum atomic E-state index is 13.6. The van der Waals surface area contributed by atoms with Gasteiger partial charge in [-0.2, -0.15) is 0 Å². The Kier molecular flexibility index (Phi) is 4.35. The Morgan fingerprint density at radius 2 is 1.95 bits per heavy atom. The van der Waals surface area contributed by atoms with Gasteiger partial charge in [-0.05, 0) is 51.8 Å². The van der Waals surface area contributed by atoms with Crippen molar-refractivity contribution in [1.82, 2.24) is 0 Å². The van der Waals surface area contributed by atoms with E-state index in [9.17, 15) is 14.3 Å². The number of rotatable bonds is 4. The summed E-state index contributed by atoms with van der Waals surface area (Å²) in [5, 5.41) is 10.7. The van der Waals surface area contributed by atoms with Gasteiger partial charge in [0, 0.05) is 0 Å². The fraction of sp³-hybridized carbons (Fsp3) is 0.533. The van der Waals surface area contributed by atoms with Crippen LogP contribution in [0.15, 0.2) is 18.2 Å². The summed E-state index contributed by atoms with van der Waals surface area (Å²) in [6, 6.07) is 4.47. The molecule has 0 amide bonds. The van der Waals surface area contributed by atoms with Gasteiger partial charge in [-0.25, -0.2) is 4.39 Å². The quantitative estimate of drug-likeness (QED) is 0.854. The van der Waals surface area contributed by atoms with E-state index in [4.69, 9.17) is 4.74 Å². The Morgan fingerprint density at radius 1 is 1.37 bits per heavy atom. The van der Waals surface area contributed by atoms with Crippen LogP contribution < -0.4 is 0 Å². The number of aliphatic hydroxyl groups is 1. The Balaban J connectivity index is 3.21. The summed E-state index contributed by atoms with van der Waals surface area (Å²) in [5.41, 5.74) is -1.85. The van der Waals surface area contributed by atoms with Gasteiger partial charge in [-0.15, -0.1) is 0 Å². The number of hydrogen-bond acceptors (Lipinski definition) is 3. The molecule has 106 valence electrons. The summed E-state index contributed by atoms with van der Waals surface area (Å²) in [7, 11) is 0. The van der Waals surface area contributed by atoms with Crippen LogP contribution in [0.5, 0.6) is 0 Å². The zero-order valence-corrected chi connectivity index (χ0v) is 12.1. The molecule has 1 rings (SSSR count). The number of esters is 1. The predicted octanol–water partition coefficient (Wildman–Crippen LogP) is 2.93. The second-order valence-electron chi connectivity index (χ2n) is 5.38. The zero-order chi connectivity index (χ0) is 14.8. The maximum Gasteiger partial charge on any atom is 0.314 e. The van der Waals surface area contributed by atoms with Crippen LogP contribution in [-0.4, -0.2) is 17.7 Å². The van der Waals surface area contributed by atoms with Gasteiger partial charge in [0.2, 0.25) is 0 Å². The molecule has 1 aromatic carbocycles. The third kappa shape index (κ3) is 2.78. The van der Waals surface area contributed by atoms with Crippen molar-refractivity contribution in [2.24, 2.45) is 5.41 Å². The topological polar surface area (TPSA) is 46.5 Å². The van der Waals surface area contributed by atoms with E-state index in [0.29, 0.717) is 11.1 Å². The molecule has 0 radical (unpaired) electrons. The highest BCUT2D eigenvalue weighted by atomic mass is 19.1. The van der Waals surface area contributed by atoms with E-state index in [1.54, 1.807) is 39.8 Å². The number of hydrogen-bond donors (Lipinski definition) is 1. The van der Waals surface area contributed by atoms with E-state index in [-0.39, 0.29) is 6.61 Å². The smallest absolute Gasteiger partial charge is 0.314 e. The number of carbonyl (C=O) groups is 1. The van der Waals surface area contributed by atoms with Crippen LogP contribution in [0.3, 0.4) is 0 Å². The van der Waals surface area contributed by atoms with Crippen LogP contribution in [0.1, 0.15) is 38.8 Å². The Hall–Kier alpha value is -1.42. The summed E-state index contributed by atoms with van der Waals surface area (Å²) in [6.45, 7) is 8.25. The molecule has 1 unspecified atom stereocenters. The van der Waals surface area contributed by atoms with Crippen LogP contribution >= 0.6 is 0 Å². The molecule has 0 aliphatic heterocycles. The van der Waals surface area contributed by atoms with Crippen molar-refractivity contribution < 1.29 is 19.0 Å². The first kappa shape index (κ1) is 15.6. The van der Waals surface area contributed by atoms with Gasteiger partial charge in [-0.1, -0.05) is 12.1 Å². The van der Waals surface area contributed by atoms with Crippen LogP contribution in [0.2, 0.25) is 0 Å². The van der Waals surface area contributed by atoms with Crippen molar-refractivity contribution in [1.29, 1.82) is 0 Å². The summed E-state index contributed by atoms with van der Waals surface area (Å²) in [5.74, 6) is -0.918. The molecule has 0 saturated heterocycles. The molecule has 1 N–H and O–H groups in total. The Morgan fingerprint density at radius 3 is 2.42 bits per heavy atom. The summed E-state index contributed by atoms with van der Waals surface area (Å²) in [4.78, 5) is 12.0. The predicted molar refractivity (Wildman–Crippen MR) is 71.1 cm³/mol. The van der Waals surface area contributed by atoms with Gasteiger partial charge < -0.3 is 9.84 Å². The molecule has 3 nitrogen and oxygen atoms in total. The van der Waals surface area contributed by atoms with Crippen LogP contribution in [0.4, 0.5) is 4.39 Å². The monoisotopic (exact) mass is 268 g/mol. The van der Waals surface area contributed by atoms with E-state index < -0.39 is 22.8 Å². The molecule has 19 heavy (non-hydrogen) atoms. The minimum atomic E-state index is -1.52. The van der Waals surface area contributed by atoms with Gasteiger partial charge in [0.1, 0.15) is 11.4 Å². The Bertz CT molecular complexity index is 478. The molecule has 1 aromatic rings. The largest absolute Gasteiger partial charge is 0.465 e. The van der Waals surface area contributed by atoms with Crippen molar-refractivity contribution >= 4 is 5.97 Å². The van der Waals surface area contributed by atoms with Crippen molar-refractivity contribution in [2.75, 3.05) is 6.61 Å². The average molecular weight is 268 g/mol. The van der Waals surface area contributed by atoms with E-state index in [1.807, 2.05) is 0 Å². The molecule has 0 bridgehead atoms. The minimum Gasteiger partial charge on any atom is -0.465 e. The van der Waals surface area contributed by atoms with Crippen molar-refractivity contribution in [3.63, 3.8) is 0 Å². The molecule has 0 saturated carbocycles. The van der Waals surface area contributed by atoms with E-state index in [2.05, 4.69) is 0 Å². The van der Waals surface area contributed by atoms with Crippen molar-refractivity contribution in [3.8, 4) is 0 Å². The van der Waals surface area contributed by atoms with Crippen molar-refractivity contribution in [3.05, 3.63) is 35.1 Å². The van der Waals surface area contributed by atoms with E-state index in [0.717, 1.165) is 0 Å². The molecule has 0 aliphatic rings. The van der Waals surface area contributed by atoms with Gasteiger partial charge in [0.15, 0.2) is 0 Å². The number of carbonyl (C=O) groups excluding carboxylic acids is 1. The second kappa shape index (κ2) is 5.29. The highest BCUT2D eigenvalue weighted by Crippen LogP contribution is 2.40. The lowest BCUT2D eigenvalue weighted by Gasteiger charge is -2.38. The number of ether oxygens (including phenoxy) is 1. The lowest BCUT2D eigenvalue weighted by Crippen LogP contribution is -2.46. The highest BCUT2D eigenvalue weighted by molar-refractivity contribution is 5.77. The molecular formula is C15H21FO3. The number of benzene rings is 1.